The lowest BCUT2D eigenvalue weighted by molar-refractivity contribution is -0.137. The molecule has 0 spiro atoms. The van der Waals surface area contributed by atoms with Crippen molar-refractivity contribution in [1.82, 2.24) is 5.16 Å². The Morgan fingerprint density at radius 2 is 1.93 bits per heavy atom. The predicted octanol–water partition coefficient (Wildman–Crippen LogP) is 3.90. The van der Waals surface area contributed by atoms with E-state index in [4.69, 9.17) is 8.94 Å². The number of carbonyl (C=O) groups excluding carboxylic acids is 2. The molecule has 0 saturated heterocycles. The number of halogens is 3. The number of aryl methyl sites for hydroxylation is 1. The number of alkyl halides is 3. The molecular weight excluding hydrogens is 393 g/mol. The molecule has 2 aromatic heterocycles. The smallest absolute Gasteiger partial charge is 0.418 e. The summed E-state index contributed by atoms with van der Waals surface area (Å²) in [6.45, 7) is 1.19. The van der Waals surface area contributed by atoms with Gasteiger partial charge in [0.15, 0.2) is 11.6 Å². The lowest BCUT2D eigenvalue weighted by atomic mass is 10.1. The summed E-state index contributed by atoms with van der Waals surface area (Å²) < 4.78 is 49.9. The first-order valence-electron chi connectivity index (χ1n) is 8.25. The Balaban J connectivity index is 1.70. The number of furan rings is 1. The van der Waals surface area contributed by atoms with Crippen LogP contribution in [-0.4, -0.2) is 23.5 Å². The SMILES string of the molecule is Cc1cc(NC(=O)CNc2ccc(NC(=O)c3ccco3)cc2C(F)(F)F)no1. The van der Waals surface area contributed by atoms with E-state index in [0.29, 0.717) is 5.76 Å². The highest BCUT2D eigenvalue weighted by atomic mass is 19.4. The van der Waals surface area contributed by atoms with Gasteiger partial charge in [-0.3, -0.25) is 9.59 Å². The number of amides is 2. The monoisotopic (exact) mass is 408 g/mol. The molecule has 0 aliphatic heterocycles. The van der Waals surface area contributed by atoms with Gasteiger partial charge >= 0.3 is 6.18 Å². The van der Waals surface area contributed by atoms with Gasteiger partial charge in [0.2, 0.25) is 5.91 Å². The summed E-state index contributed by atoms with van der Waals surface area (Å²) in [4.78, 5) is 23.8. The standard InChI is InChI=1S/C18H15F3N4O4/c1-10-7-15(25-29-10)24-16(26)9-22-13-5-4-11(8-12(13)18(19,20)21)23-17(27)14-3-2-6-28-14/h2-8,22H,9H2,1H3,(H,23,27)(H,24,25,26). The van der Waals surface area contributed by atoms with Gasteiger partial charge in [-0.25, -0.2) is 0 Å². The van der Waals surface area contributed by atoms with Gasteiger partial charge in [-0.1, -0.05) is 5.16 Å². The molecule has 0 fully saturated rings. The van der Waals surface area contributed by atoms with Crippen molar-refractivity contribution < 1.29 is 31.7 Å². The van der Waals surface area contributed by atoms with Crippen molar-refractivity contribution in [3.8, 4) is 0 Å². The summed E-state index contributed by atoms with van der Waals surface area (Å²) in [6.07, 6.45) is -3.44. The van der Waals surface area contributed by atoms with E-state index in [1.807, 2.05) is 0 Å². The molecule has 8 nitrogen and oxygen atoms in total. The molecule has 0 aliphatic carbocycles. The van der Waals surface area contributed by atoms with E-state index in [0.717, 1.165) is 12.1 Å². The second kappa shape index (κ2) is 8.09. The number of nitrogens with one attached hydrogen (secondary N) is 3. The largest absolute Gasteiger partial charge is 0.459 e. The molecule has 11 heteroatoms. The molecule has 0 aliphatic rings. The summed E-state index contributed by atoms with van der Waals surface area (Å²) in [6, 6.07) is 7.49. The van der Waals surface area contributed by atoms with Crippen molar-refractivity contribution in [3.63, 3.8) is 0 Å². The van der Waals surface area contributed by atoms with Crippen LogP contribution in [0.5, 0.6) is 0 Å². The molecule has 0 bridgehead atoms. The molecule has 3 N–H and O–H groups in total. The fraction of sp³-hybridized carbons (Fsp3) is 0.167. The third-order valence-corrected chi connectivity index (χ3v) is 3.66. The molecule has 2 amide bonds. The number of aromatic nitrogens is 1. The van der Waals surface area contributed by atoms with Gasteiger partial charge in [0.1, 0.15) is 5.76 Å². The lowest BCUT2D eigenvalue weighted by Gasteiger charge is -2.16. The van der Waals surface area contributed by atoms with Gasteiger partial charge in [-0.15, -0.1) is 0 Å². The second-order valence-corrected chi connectivity index (χ2v) is 5.91. The van der Waals surface area contributed by atoms with Crippen molar-refractivity contribution in [1.29, 1.82) is 0 Å². The molecule has 0 saturated carbocycles. The van der Waals surface area contributed by atoms with Gasteiger partial charge in [-0.2, -0.15) is 13.2 Å². The highest BCUT2D eigenvalue weighted by molar-refractivity contribution is 6.02. The van der Waals surface area contributed by atoms with Crippen LogP contribution in [-0.2, 0) is 11.0 Å². The van der Waals surface area contributed by atoms with Gasteiger partial charge in [-0.05, 0) is 37.3 Å². The quantitative estimate of drug-likeness (QED) is 0.571. The maximum atomic E-state index is 13.4. The van der Waals surface area contributed by atoms with E-state index in [2.05, 4.69) is 21.1 Å². The van der Waals surface area contributed by atoms with Gasteiger partial charge in [0, 0.05) is 17.4 Å². The summed E-state index contributed by atoms with van der Waals surface area (Å²) in [5.41, 5.74) is -1.44. The Hall–Kier alpha value is -3.76. The lowest BCUT2D eigenvalue weighted by Crippen LogP contribution is -2.23. The minimum atomic E-state index is -4.71. The number of benzene rings is 1. The fourth-order valence-corrected chi connectivity index (χ4v) is 2.40. The molecule has 152 valence electrons. The Morgan fingerprint density at radius 1 is 1.14 bits per heavy atom. The molecule has 29 heavy (non-hydrogen) atoms. The van der Waals surface area contributed by atoms with Crippen molar-refractivity contribution >= 4 is 29.0 Å². The van der Waals surface area contributed by atoms with E-state index in [9.17, 15) is 22.8 Å². The van der Waals surface area contributed by atoms with Gasteiger partial charge in [0.05, 0.1) is 18.4 Å². The van der Waals surface area contributed by atoms with Crippen LogP contribution in [0.4, 0.5) is 30.4 Å². The van der Waals surface area contributed by atoms with E-state index in [1.165, 1.54) is 30.5 Å². The second-order valence-electron chi connectivity index (χ2n) is 5.91. The Morgan fingerprint density at radius 3 is 2.55 bits per heavy atom. The molecule has 0 radical (unpaired) electrons. The van der Waals surface area contributed by atoms with Crippen LogP contribution < -0.4 is 16.0 Å². The Kier molecular flexibility index (Phi) is 5.57. The van der Waals surface area contributed by atoms with Crippen molar-refractivity contribution in [3.05, 3.63) is 59.7 Å². The summed E-state index contributed by atoms with van der Waals surface area (Å²) >= 11 is 0. The molecule has 2 heterocycles. The number of rotatable bonds is 6. The number of hydrogen-bond acceptors (Lipinski definition) is 6. The molecule has 0 unspecified atom stereocenters. The molecule has 1 aromatic carbocycles. The maximum absolute atomic E-state index is 13.4. The predicted molar refractivity (Wildman–Crippen MR) is 96.5 cm³/mol. The van der Waals surface area contributed by atoms with Gasteiger partial charge < -0.3 is 24.9 Å². The van der Waals surface area contributed by atoms with Crippen molar-refractivity contribution in [2.24, 2.45) is 0 Å². The zero-order chi connectivity index (χ0) is 21.0. The van der Waals surface area contributed by atoms with Crippen LogP contribution in [0.15, 0.2) is 51.6 Å². The molecule has 3 aromatic rings. The third-order valence-electron chi connectivity index (χ3n) is 3.66. The highest BCUT2D eigenvalue weighted by Gasteiger charge is 2.34. The highest BCUT2D eigenvalue weighted by Crippen LogP contribution is 2.36. The fourth-order valence-electron chi connectivity index (χ4n) is 2.40. The van der Waals surface area contributed by atoms with Crippen LogP contribution in [0.2, 0.25) is 0 Å². The summed E-state index contributed by atoms with van der Waals surface area (Å²) in [5.74, 6) is -0.714. The molecule has 3 rings (SSSR count). The Labute approximate surface area is 162 Å². The average Bonchev–Trinajstić information content (AvgIpc) is 3.32. The minimum Gasteiger partial charge on any atom is -0.459 e. The Bertz CT molecular complexity index is 1010. The average molecular weight is 408 g/mol. The van der Waals surface area contributed by atoms with Crippen LogP contribution >= 0.6 is 0 Å². The first-order chi connectivity index (χ1) is 13.7. The number of anilines is 3. The topological polar surface area (TPSA) is 109 Å². The van der Waals surface area contributed by atoms with E-state index >= 15 is 0 Å². The normalized spacial score (nSPS) is 11.2. The zero-order valence-corrected chi connectivity index (χ0v) is 15.0. The first kappa shape index (κ1) is 20.0. The number of hydrogen-bond donors (Lipinski definition) is 3. The maximum Gasteiger partial charge on any atom is 0.418 e. The van der Waals surface area contributed by atoms with Gasteiger partial charge in [0.25, 0.3) is 5.91 Å². The van der Waals surface area contributed by atoms with Crippen LogP contribution in [0.3, 0.4) is 0 Å². The summed E-state index contributed by atoms with van der Waals surface area (Å²) in [5, 5.41) is 10.7. The summed E-state index contributed by atoms with van der Waals surface area (Å²) in [7, 11) is 0. The first-order valence-corrected chi connectivity index (χ1v) is 8.25. The molecule has 0 atom stereocenters. The van der Waals surface area contributed by atoms with Crippen LogP contribution in [0.1, 0.15) is 21.9 Å². The van der Waals surface area contributed by atoms with Crippen LogP contribution in [0.25, 0.3) is 0 Å². The van der Waals surface area contributed by atoms with E-state index < -0.39 is 30.1 Å². The molecular formula is C18H15F3N4O4. The zero-order valence-electron chi connectivity index (χ0n) is 15.0. The van der Waals surface area contributed by atoms with E-state index in [-0.39, 0.29) is 23.0 Å². The number of nitrogens with zero attached hydrogens (tertiary/aromatic N) is 1. The third kappa shape index (κ3) is 5.15. The van der Waals surface area contributed by atoms with E-state index in [1.54, 1.807) is 6.92 Å². The van der Waals surface area contributed by atoms with Crippen molar-refractivity contribution in [2.45, 2.75) is 13.1 Å². The number of carbonyl (C=O) groups is 2. The minimum absolute atomic E-state index is 0.0412. The van der Waals surface area contributed by atoms with Crippen LogP contribution in [0, 0.1) is 6.92 Å². The van der Waals surface area contributed by atoms with Crippen molar-refractivity contribution in [2.75, 3.05) is 22.5 Å².